The molecule has 0 saturated carbocycles. The van der Waals surface area contributed by atoms with Crippen molar-refractivity contribution in [3.8, 4) is 22.3 Å². The maximum Gasteiger partial charge on any atom is 0.511 e. The summed E-state index contributed by atoms with van der Waals surface area (Å²) in [4.78, 5) is 0. The number of rotatable bonds is 4. The Hall–Kier alpha value is -3.51. The summed E-state index contributed by atoms with van der Waals surface area (Å²) >= 11 is 1.63. The van der Waals surface area contributed by atoms with Crippen LogP contribution in [-0.2, 0) is 20.2 Å². The molecule has 0 saturated heterocycles. The Morgan fingerprint density at radius 2 is 0.707 bits per heavy atom. The van der Waals surface area contributed by atoms with Crippen molar-refractivity contribution in [1.29, 1.82) is 0 Å². The molecule has 0 N–H and O–H groups in total. The van der Waals surface area contributed by atoms with E-state index in [4.69, 9.17) is 25.9 Å². The fourth-order valence-corrected chi connectivity index (χ4v) is 3.37. The molecule has 17 heteroatoms. The van der Waals surface area contributed by atoms with Gasteiger partial charge in [-0.15, -0.1) is 0 Å². The van der Waals surface area contributed by atoms with E-state index < -0.39 is 31.3 Å². The molecule has 0 radical (unpaired) electrons. The highest BCUT2D eigenvalue weighted by Crippen LogP contribution is 2.21. The summed E-state index contributed by atoms with van der Waals surface area (Å²) in [7, 11) is -12.2. The van der Waals surface area contributed by atoms with Crippen LogP contribution in [0.5, 0.6) is 0 Å². The van der Waals surface area contributed by atoms with E-state index in [1.807, 2.05) is 12.1 Å². The summed E-state index contributed by atoms with van der Waals surface area (Å²) in [5.74, 6) is 0. The van der Waals surface area contributed by atoms with E-state index in [0.717, 1.165) is 0 Å². The number of nitrogens with zero attached hydrogens (tertiary/aromatic N) is 2. The topological polar surface area (TPSA) is 122 Å². The van der Waals surface area contributed by atoms with Gasteiger partial charge in [0.25, 0.3) is 0 Å². The molecule has 0 unspecified atom stereocenters. The Labute approximate surface area is 235 Å². The number of pyridine rings is 2. The number of alkyl halides is 6. The van der Waals surface area contributed by atoms with Crippen molar-refractivity contribution >= 4 is 32.4 Å². The Morgan fingerprint density at radius 1 is 0.488 bits per heavy atom. The maximum atomic E-state index is 10.7. The van der Waals surface area contributed by atoms with Gasteiger partial charge in [0.15, 0.2) is 45.0 Å². The van der Waals surface area contributed by atoms with Gasteiger partial charge < -0.3 is 9.11 Å². The lowest BCUT2D eigenvalue weighted by molar-refractivity contribution is -0.598. The van der Waals surface area contributed by atoms with E-state index in [0.29, 0.717) is 0 Å². The van der Waals surface area contributed by atoms with Crippen LogP contribution in [0, 0.1) is 0 Å². The fraction of sp³-hybridized carbons (Fsp3) is 0.0833. The average Bonchev–Trinajstić information content (AvgIpc) is 2.89. The summed E-state index contributed by atoms with van der Waals surface area (Å²) in [5, 5.41) is 0. The van der Waals surface area contributed by atoms with Crippen LogP contribution in [-0.4, -0.2) is 37.0 Å². The molecule has 220 valence electrons. The smallest absolute Gasteiger partial charge is 0.511 e. The molecule has 0 aliphatic heterocycles. The predicted molar refractivity (Wildman–Crippen MR) is 134 cm³/mol. The lowest BCUT2D eigenvalue weighted by Gasteiger charge is -2.08. The van der Waals surface area contributed by atoms with Crippen molar-refractivity contribution in [2.24, 2.45) is 0 Å². The number of benzene rings is 2. The molecule has 4 rings (SSSR count). The van der Waals surface area contributed by atoms with Gasteiger partial charge in [0.05, 0.1) is 0 Å². The number of hydrogen-bond donors (Lipinski definition) is 0. The highest BCUT2D eigenvalue weighted by molar-refractivity contribution is 7.86. The molecule has 2 aromatic carbocycles. The van der Waals surface area contributed by atoms with Gasteiger partial charge in [0.1, 0.15) is 0 Å². The first kappa shape index (κ1) is 33.7. The highest BCUT2D eigenvalue weighted by atomic mass is 32.2. The molecule has 0 atom stereocenters. The van der Waals surface area contributed by atoms with Crippen molar-refractivity contribution in [2.75, 3.05) is 0 Å². The second-order valence-electron chi connectivity index (χ2n) is 7.51. The van der Waals surface area contributed by atoms with Crippen LogP contribution in [0.1, 0.15) is 0 Å². The van der Waals surface area contributed by atoms with Crippen LogP contribution in [0.4, 0.5) is 26.3 Å². The molecule has 0 aliphatic rings. The Balaban J connectivity index is 0.000000304. The van der Waals surface area contributed by atoms with Crippen LogP contribution >= 0.6 is 12.1 Å². The van der Waals surface area contributed by atoms with Gasteiger partial charge in [0, 0.05) is 24.3 Å². The second-order valence-corrected chi connectivity index (χ2v) is 11.3. The minimum atomic E-state index is -6.09. The third kappa shape index (κ3) is 11.1. The molecular formula is C24H18F6N2O6S3. The lowest BCUT2D eigenvalue weighted by atomic mass is 10.1. The van der Waals surface area contributed by atoms with Gasteiger partial charge >= 0.3 is 23.2 Å². The molecule has 2 aromatic heterocycles. The van der Waals surface area contributed by atoms with E-state index in [-0.39, 0.29) is 0 Å². The van der Waals surface area contributed by atoms with Crippen molar-refractivity contribution in [1.82, 2.24) is 0 Å². The zero-order valence-corrected chi connectivity index (χ0v) is 22.7. The third-order valence-electron chi connectivity index (χ3n) is 4.57. The summed E-state index contributed by atoms with van der Waals surface area (Å²) in [6.45, 7) is 0. The summed E-state index contributed by atoms with van der Waals surface area (Å²) in [5.41, 5.74) is -6.37. The van der Waals surface area contributed by atoms with Crippen molar-refractivity contribution in [3.63, 3.8) is 0 Å². The fourth-order valence-electron chi connectivity index (χ4n) is 2.69. The van der Waals surface area contributed by atoms with Crippen molar-refractivity contribution < 1.29 is 60.2 Å². The molecule has 0 spiro atoms. The van der Waals surface area contributed by atoms with E-state index in [2.05, 4.69) is 106 Å². The molecule has 0 aliphatic carbocycles. The number of aromatic nitrogens is 2. The minimum absolute atomic E-state index is 1.22. The zero-order valence-electron chi connectivity index (χ0n) is 20.2. The van der Waals surface area contributed by atoms with Crippen molar-refractivity contribution in [2.45, 2.75) is 11.0 Å². The Bertz CT molecular complexity index is 1480. The quantitative estimate of drug-likeness (QED) is 0.138. The first-order chi connectivity index (χ1) is 18.9. The minimum Gasteiger partial charge on any atom is -0.741 e. The van der Waals surface area contributed by atoms with Gasteiger partial charge in [0.2, 0.25) is 0 Å². The molecular weight excluding hydrogens is 622 g/mol. The standard InChI is InChI=1S/C22H18N2S.2CHF3O3S/c1-3-7-19(8-4-1)21-11-15-23(16-12-21)25-24-17-13-22(14-18-24)20-9-5-2-6-10-20;2*2-1(3,4)8(5,6)7/h1-18H;2*(H,5,6,7)/q+2;;/p-2. The molecule has 41 heavy (non-hydrogen) atoms. The van der Waals surface area contributed by atoms with Crippen LogP contribution in [0.2, 0.25) is 0 Å². The highest BCUT2D eigenvalue weighted by Gasteiger charge is 2.37. The van der Waals surface area contributed by atoms with E-state index >= 15 is 0 Å². The van der Waals surface area contributed by atoms with E-state index in [1.165, 1.54) is 22.3 Å². The van der Waals surface area contributed by atoms with Gasteiger partial charge in [-0.05, 0) is 22.3 Å². The average molecular weight is 641 g/mol. The largest absolute Gasteiger partial charge is 0.741 e. The summed E-state index contributed by atoms with van der Waals surface area (Å²) in [6.07, 6.45) is 8.35. The molecule has 0 amide bonds. The summed E-state index contributed by atoms with van der Waals surface area (Å²) < 4.78 is 122. The monoisotopic (exact) mass is 640 g/mol. The maximum absolute atomic E-state index is 10.7. The lowest BCUT2D eigenvalue weighted by Crippen LogP contribution is -2.38. The normalized spacial score (nSPS) is 11.9. The van der Waals surface area contributed by atoms with Gasteiger partial charge in [-0.1, -0.05) is 68.6 Å². The third-order valence-corrected chi connectivity index (χ3v) is 6.57. The van der Waals surface area contributed by atoms with Gasteiger partial charge in [-0.25, -0.2) is 16.8 Å². The van der Waals surface area contributed by atoms with Crippen LogP contribution in [0.3, 0.4) is 0 Å². The number of hydrogen-bond acceptors (Lipinski definition) is 7. The first-order valence-electron chi connectivity index (χ1n) is 10.7. The molecule has 0 bridgehead atoms. The van der Waals surface area contributed by atoms with Crippen LogP contribution in [0.25, 0.3) is 22.3 Å². The first-order valence-corrected chi connectivity index (χ1v) is 14.3. The van der Waals surface area contributed by atoms with E-state index in [9.17, 15) is 26.3 Å². The van der Waals surface area contributed by atoms with Gasteiger partial charge in [-0.3, -0.25) is 0 Å². The van der Waals surface area contributed by atoms with Crippen LogP contribution < -0.4 is 7.94 Å². The van der Waals surface area contributed by atoms with E-state index in [1.54, 1.807) is 12.1 Å². The predicted octanol–water partition coefficient (Wildman–Crippen LogP) is 4.66. The molecule has 4 aromatic rings. The molecule has 2 heterocycles. The second kappa shape index (κ2) is 13.9. The van der Waals surface area contributed by atoms with Crippen LogP contribution in [0.15, 0.2) is 110 Å². The number of halogens is 6. The van der Waals surface area contributed by atoms with Crippen molar-refractivity contribution in [3.05, 3.63) is 110 Å². The zero-order chi connectivity index (χ0) is 30.9. The van der Waals surface area contributed by atoms with Gasteiger partial charge in [-0.2, -0.15) is 26.3 Å². The Kier molecular flexibility index (Phi) is 11.4. The Morgan fingerprint density at radius 3 is 0.927 bits per heavy atom. The molecule has 8 nitrogen and oxygen atoms in total. The summed E-state index contributed by atoms with van der Waals surface area (Å²) in [6, 6.07) is 29.4. The molecule has 0 fully saturated rings. The SMILES string of the molecule is O=S(=O)([O-])C(F)(F)F.O=S(=O)([O-])C(F)(F)F.c1ccc(-c2cc[n+](S[n+]3ccc(-c4ccccc4)cc3)cc2)cc1.